The van der Waals surface area contributed by atoms with Crippen LogP contribution in [0, 0.1) is 5.82 Å². The summed E-state index contributed by atoms with van der Waals surface area (Å²) in [5.41, 5.74) is 1.15. The number of ether oxygens (including phenoxy) is 1. The molecule has 29 heavy (non-hydrogen) atoms. The van der Waals surface area contributed by atoms with E-state index in [0.717, 1.165) is 50.9 Å². The molecule has 6 nitrogen and oxygen atoms in total. The molecular formula is C21H29FN4O2S. The molecule has 3 rings (SSSR count). The van der Waals surface area contributed by atoms with Crippen molar-refractivity contribution >= 4 is 17.3 Å². The number of hydrogen-bond donors (Lipinski definition) is 3. The summed E-state index contributed by atoms with van der Waals surface area (Å²) in [7, 11) is 0. The number of guanidine groups is 1. The third-order valence-corrected chi connectivity index (χ3v) is 5.84. The van der Waals surface area contributed by atoms with Crippen LogP contribution < -0.4 is 10.6 Å². The lowest BCUT2D eigenvalue weighted by atomic mass is 10.1. The molecular weight excluding hydrogens is 391 g/mol. The Kier molecular flexibility index (Phi) is 8.42. The zero-order chi connectivity index (χ0) is 20.5. The molecule has 0 saturated carbocycles. The number of rotatable bonds is 8. The van der Waals surface area contributed by atoms with Gasteiger partial charge in [-0.25, -0.2) is 9.38 Å². The predicted octanol–water partition coefficient (Wildman–Crippen LogP) is 2.51. The van der Waals surface area contributed by atoms with Crippen molar-refractivity contribution in [3.63, 3.8) is 0 Å². The van der Waals surface area contributed by atoms with Gasteiger partial charge in [0, 0.05) is 36.6 Å². The second kappa shape index (κ2) is 11.3. The molecule has 1 aliphatic heterocycles. The van der Waals surface area contributed by atoms with Gasteiger partial charge in [0.1, 0.15) is 5.82 Å². The van der Waals surface area contributed by atoms with Gasteiger partial charge < -0.3 is 20.5 Å². The largest absolute Gasteiger partial charge is 0.392 e. The van der Waals surface area contributed by atoms with Crippen LogP contribution in [-0.4, -0.2) is 55.4 Å². The highest BCUT2D eigenvalue weighted by Gasteiger charge is 2.23. The molecule has 3 N–H and O–H groups in total. The summed E-state index contributed by atoms with van der Waals surface area (Å²) >= 11 is 1.76. The van der Waals surface area contributed by atoms with Crippen molar-refractivity contribution in [3.05, 3.63) is 57.5 Å². The zero-order valence-electron chi connectivity index (χ0n) is 16.7. The minimum absolute atomic E-state index is 0.259. The van der Waals surface area contributed by atoms with E-state index in [4.69, 9.17) is 4.74 Å². The zero-order valence-corrected chi connectivity index (χ0v) is 17.6. The molecule has 1 fully saturated rings. The fraction of sp³-hybridized carbons (Fsp3) is 0.476. The van der Waals surface area contributed by atoms with Gasteiger partial charge in [0.25, 0.3) is 0 Å². The number of thiophene rings is 1. The van der Waals surface area contributed by atoms with Gasteiger partial charge in [-0.15, -0.1) is 11.3 Å². The molecule has 158 valence electrons. The van der Waals surface area contributed by atoms with Crippen molar-refractivity contribution in [3.8, 4) is 0 Å². The summed E-state index contributed by atoms with van der Waals surface area (Å²) < 4.78 is 19.1. The second-order valence-electron chi connectivity index (χ2n) is 6.84. The van der Waals surface area contributed by atoms with Gasteiger partial charge in [0.05, 0.1) is 32.4 Å². The minimum atomic E-state index is -0.394. The number of aliphatic imine (C=N–C) groups is 1. The molecule has 0 spiro atoms. The third-order valence-electron chi connectivity index (χ3n) is 4.87. The number of hydrogen-bond acceptors (Lipinski definition) is 5. The van der Waals surface area contributed by atoms with Gasteiger partial charge in [-0.2, -0.15) is 0 Å². The average molecular weight is 421 g/mol. The quantitative estimate of drug-likeness (QED) is 0.452. The van der Waals surface area contributed by atoms with E-state index < -0.39 is 5.82 Å². The molecule has 2 heterocycles. The van der Waals surface area contributed by atoms with Crippen LogP contribution in [0.2, 0.25) is 0 Å². The van der Waals surface area contributed by atoms with Gasteiger partial charge in [0.15, 0.2) is 5.96 Å². The van der Waals surface area contributed by atoms with Crippen molar-refractivity contribution in [2.24, 2.45) is 4.99 Å². The third kappa shape index (κ3) is 6.24. The summed E-state index contributed by atoms with van der Waals surface area (Å²) in [6, 6.07) is 9.25. The van der Waals surface area contributed by atoms with E-state index in [1.165, 1.54) is 10.9 Å². The Labute approximate surface area is 175 Å². The first-order chi connectivity index (χ1) is 14.2. The lowest BCUT2D eigenvalue weighted by Crippen LogP contribution is -2.46. The number of nitrogens with one attached hydrogen (secondary N) is 2. The van der Waals surface area contributed by atoms with Crippen LogP contribution in [0.4, 0.5) is 4.39 Å². The SMILES string of the molecule is CCNC(=NCc1ccc(F)c(CO)c1)NCC(c1cccs1)N1CCOCC1. The Morgan fingerprint density at radius 1 is 1.31 bits per heavy atom. The maximum atomic E-state index is 13.6. The molecule has 2 aromatic rings. The van der Waals surface area contributed by atoms with Crippen LogP contribution in [0.5, 0.6) is 0 Å². The Balaban J connectivity index is 1.67. The van der Waals surface area contributed by atoms with E-state index in [9.17, 15) is 9.50 Å². The molecule has 0 aliphatic carbocycles. The normalized spacial score (nSPS) is 16.6. The Morgan fingerprint density at radius 3 is 2.83 bits per heavy atom. The molecule has 0 radical (unpaired) electrons. The van der Waals surface area contributed by atoms with Gasteiger partial charge >= 0.3 is 0 Å². The smallest absolute Gasteiger partial charge is 0.191 e. The van der Waals surface area contributed by atoms with Gasteiger partial charge in [-0.3, -0.25) is 4.90 Å². The fourth-order valence-corrected chi connectivity index (χ4v) is 4.19. The number of aliphatic hydroxyl groups excluding tert-OH is 1. The monoisotopic (exact) mass is 420 g/mol. The van der Waals surface area contributed by atoms with E-state index in [0.29, 0.717) is 12.1 Å². The number of halogens is 1. The number of morpholine rings is 1. The second-order valence-corrected chi connectivity index (χ2v) is 7.82. The maximum absolute atomic E-state index is 13.6. The average Bonchev–Trinajstić information content (AvgIpc) is 3.28. The predicted molar refractivity (Wildman–Crippen MR) is 115 cm³/mol. The van der Waals surface area contributed by atoms with Crippen LogP contribution >= 0.6 is 11.3 Å². The Bertz CT molecular complexity index is 779. The molecule has 1 aromatic carbocycles. The number of aliphatic hydroxyl groups is 1. The van der Waals surface area contributed by atoms with E-state index in [2.05, 4.69) is 38.0 Å². The molecule has 1 aromatic heterocycles. The van der Waals surface area contributed by atoms with Gasteiger partial charge in [-0.05, 0) is 36.1 Å². The van der Waals surface area contributed by atoms with Crippen LogP contribution in [-0.2, 0) is 17.9 Å². The molecule has 1 atom stereocenters. The van der Waals surface area contributed by atoms with Crippen molar-refractivity contribution < 1.29 is 14.2 Å². The lowest BCUT2D eigenvalue weighted by Gasteiger charge is -2.34. The van der Waals surface area contributed by atoms with Crippen molar-refractivity contribution in [2.45, 2.75) is 26.1 Å². The highest BCUT2D eigenvalue weighted by Crippen LogP contribution is 2.25. The summed E-state index contributed by atoms with van der Waals surface area (Å²) in [4.78, 5) is 8.40. The highest BCUT2D eigenvalue weighted by molar-refractivity contribution is 7.10. The minimum Gasteiger partial charge on any atom is -0.392 e. The first-order valence-corrected chi connectivity index (χ1v) is 10.8. The van der Waals surface area contributed by atoms with Crippen molar-refractivity contribution in [2.75, 3.05) is 39.4 Å². The highest BCUT2D eigenvalue weighted by atomic mass is 32.1. The van der Waals surface area contributed by atoms with E-state index in [-0.39, 0.29) is 12.6 Å². The summed E-state index contributed by atoms with van der Waals surface area (Å²) in [6.45, 7) is 6.94. The first kappa shape index (κ1) is 21.7. The maximum Gasteiger partial charge on any atom is 0.191 e. The molecule has 8 heteroatoms. The number of benzene rings is 1. The Morgan fingerprint density at radius 2 is 2.14 bits per heavy atom. The van der Waals surface area contributed by atoms with Crippen LogP contribution in [0.1, 0.15) is 29.0 Å². The van der Waals surface area contributed by atoms with Gasteiger partial charge in [-0.1, -0.05) is 12.1 Å². The number of nitrogens with zero attached hydrogens (tertiary/aromatic N) is 2. The molecule has 0 amide bonds. The van der Waals surface area contributed by atoms with Crippen LogP contribution in [0.25, 0.3) is 0 Å². The van der Waals surface area contributed by atoms with E-state index >= 15 is 0 Å². The Hall–Kier alpha value is -2.00. The summed E-state index contributed by atoms with van der Waals surface area (Å²) in [5.74, 6) is 0.326. The van der Waals surface area contributed by atoms with Crippen molar-refractivity contribution in [1.82, 2.24) is 15.5 Å². The van der Waals surface area contributed by atoms with E-state index in [1.807, 2.05) is 6.92 Å². The van der Waals surface area contributed by atoms with Crippen LogP contribution in [0.15, 0.2) is 40.7 Å². The molecule has 0 bridgehead atoms. The molecule has 1 unspecified atom stereocenters. The first-order valence-electron chi connectivity index (χ1n) is 9.96. The van der Waals surface area contributed by atoms with E-state index in [1.54, 1.807) is 23.5 Å². The topological polar surface area (TPSA) is 69.1 Å². The lowest BCUT2D eigenvalue weighted by molar-refractivity contribution is 0.0177. The summed E-state index contributed by atoms with van der Waals surface area (Å²) in [6.07, 6.45) is 0. The van der Waals surface area contributed by atoms with Crippen molar-refractivity contribution in [1.29, 1.82) is 0 Å². The standard InChI is InChI=1S/C21H29FN4O2S/c1-2-23-21(24-13-16-5-6-18(22)17(12-16)15-27)25-14-19(20-4-3-11-29-20)26-7-9-28-10-8-26/h3-6,11-12,19,27H,2,7-10,13-15H2,1H3,(H2,23,24,25). The van der Waals surface area contributed by atoms with Crippen LogP contribution in [0.3, 0.4) is 0 Å². The molecule has 1 aliphatic rings. The fourth-order valence-electron chi connectivity index (χ4n) is 3.33. The molecule has 1 saturated heterocycles. The summed E-state index contributed by atoms with van der Waals surface area (Å²) in [5, 5.41) is 18.1. The van der Waals surface area contributed by atoms with Gasteiger partial charge in [0.2, 0.25) is 0 Å².